The van der Waals surface area contributed by atoms with E-state index < -0.39 is 11.8 Å². The number of carbonyl (C=O) groups is 3. The van der Waals surface area contributed by atoms with Gasteiger partial charge in [-0.15, -0.1) is 11.8 Å². The van der Waals surface area contributed by atoms with Crippen molar-refractivity contribution in [2.75, 3.05) is 31.2 Å². The van der Waals surface area contributed by atoms with Crippen LogP contribution in [0.3, 0.4) is 0 Å². The standard InChI is InChI=1S/C24H30N4O3S/c1-15-12-16(2)20(17(3)13-15)27-22(30)21(29)26-14-18-7-10-28(11-8-18)24(31)19-6-5-9-25-23(19)32-4/h5-6,9,12-13,18H,7-8,10-11,14H2,1-4H3,(H,26,29)(H,27,30). The topological polar surface area (TPSA) is 91.4 Å². The van der Waals surface area contributed by atoms with E-state index in [0.29, 0.717) is 30.9 Å². The minimum Gasteiger partial charge on any atom is -0.348 e. The van der Waals surface area contributed by atoms with E-state index in [1.807, 2.05) is 50.1 Å². The molecule has 3 rings (SSSR count). The Hall–Kier alpha value is -2.87. The van der Waals surface area contributed by atoms with Gasteiger partial charge in [0, 0.05) is 31.5 Å². The van der Waals surface area contributed by atoms with Gasteiger partial charge in [0.1, 0.15) is 5.03 Å². The summed E-state index contributed by atoms with van der Waals surface area (Å²) in [6, 6.07) is 7.54. The number of anilines is 1. The fourth-order valence-corrected chi connectivity index (χ4v) is 4.63. The highest BCUT2D eigenvalue weighted by Crippen LogP contribution is 2.23. The Morgan fingerprint density at radius 1 is 1.09 bits per heavy atom. The molecule has 3 amide bonds. The maximum atomic E-state index is 12.8. The van der Waals surface area contributed by atoms with Crippen LogP contribution in [0.15, 0.2) is 35.5 Å². The first-order valence-corrected chi connectivity index (χ1v) is 12.0. The highest BCUT2D eigenvalue weighted by molar-refractivity contribution is 7.98. The number of nitrogens with zero attached hydrogens (tertiary/aromatic N) is 2. The number of amides is 3. The third kappa shape index (κ3) is 5.68. The lowest BCUT2D eigenvalue weighted by atomic mass is 9.96. The van der Waals surface area contributed by atoms with E-state index in [4.69, 9.17) is 0 Å². The van der Waals surface area contributed by atoms with Crippen LogP contribution in [-0.2, 0) is 9.59 Å². The summed E-state index contributed by atoms with van der Waals surface area (Å²) in [6.45, 7) is 7.48. The Balaban J connectivity index is 1.48. The zero-order valence-corrected chi connectivity index (χ0v) is 19.8. The van der Waals surface area contributed by atoms with Gasteiger partial charge in [-0.3, -0.25) is 14.4 Å². The molecule has 2 N–H and O–H groups in total. The van der Waals surface area contributed by atoms with Crippen LogP contribution in [0.2, 0.25) is 0 Å². The van der Waals surface area contributed by atoms with E-state index in [0.717, 1.165) is 34.6 Å². The molecule has 0 saturated carbocycles. The van der Waals surface area contributed by atoms with Crippen molar-refractivity contribution in [3.63, 3.8) is 0 Å². The van der Waals surface area contributed by atoms with Gasteiger partial charge in [-0.05, 0) is 69.0 Å². The molecule has 0 spiro atoms. The molecule has 170 valence electrons. The van der Waals surface area contributed by atoms with E-state index in [1.165, 1.54) is 11.8 Å². The van der Waals surface area contributed by atoms with E-state index >= 15 is 0 Å². The van der Waals surface area contributed by atoms with Crippen molar-refractivity contribution in [3.8, 4) is 0 Å². The zero-order chi connectivity index (χ0) is 23.3. The zero-order valence-electron chi connectivity index (χ0n) is 19.0. The summed E-state index contributed by atoms with van der Waals surface area (Å²) in [7, 11) is 0. The number of nitrogens with one attached hydrogen (secondary N) is 2. The van der Waals surface area contributed by atoms with Crippen LogP contribution in [-0.4, -0.2) is 53.5 Å². The predicted octanol–water partition coefficient (Wildman–Crippen LogP) is 3.34. The molecule has 1 aromatic carbocycles. The van der Waals surface area contributed by atoms with Crippen LogP contribution in [0.1, 0.15) is 39.9 Å². The number of hydrogen-bond donors (Lipinski definition) is 2. The SMILES string of the molecule is CSc1ncccc1C(=O)N1CCC(CNC(=O)C(=O)Nc2c(C)cc(C)cc2C)CC1. The molecule has 2 aromatic rings. The minimum atomic E-state index is -0.658. The first-order chi connectivity index (χ1) is 15.3. The fraction of sp³-hybridized carbons (Fsp3) is 0.417. The van der Waals surface area contributed by atoms with E-state index in [9.17, 15) is 14.4 Å². The van der Waals surface area contributed by atoms with Gasteiger partial charge < -0.3 is 15.5 Å². The lowest BCUT2D eigenvalue weighted by Crippen LogP contribution is -2.43. The molecule has 2 heterocycles. The minimum absolute atomic E-state index is 0.00634. The van der Waals surface area contributed by atoms with Crippen LogP contribution >= 0.6 is 11.8 Å². The molecule has 8 heteroatoms. The van der Waals surface area contributed by atoms with Crippen molar-refractivity contribution in [2.24, 2.45) is 5.92 Å². The van der Waals surface area contributed by atoms with Crippen molar-refractivity contribution in [1.82, 2.24) is 15.2 Å². The number of pyridine rings is 1. The average Bonchev–Trinajstić information content (AvgIpc) is 2.79. The number of carbonyl (C=O) groups excluding carboxylic acids is 3. The third-order valence-electron chi connectivity index (χ3n) is 5.77. The highest BCUT2D eigenvalue weighted by atomic mass is 32.2. The van der Waals surface area contributed by atoms with Gasteiger partial charge in [0.05, 0.1) is 5.56 Å². The Morgan fingerprint density at radius 2 is 1.75 bits per heavy atom. The fourth-order valence-electron chi connectivity index (χ4n) is 4.09. The van der Waals surface area contributed by atoms with Crippen LogP contribution in [0.5, 0.6) is 0 Å². The van der Waals surface area contributed by atoms with Crippen LogP contribution in [0.25, 0.3) is 0 Å². The normalized spacial score (nSPS) is 14.2. The molecule has 1 aliphatic heterocycles. The van der Waals surface area contributed by atoms with E-state index in [1.54, 1.807) is 12.3 Å². The second kappa shape index (κ2) is 10.6. The first-order valence-electron chi connectivity index (χ1n) is 10.8. The predicted molar refractivity (Wildman–Crippen MR) is 127 cm³/mol. The molecule has 0 unspecified atom stereocenters. The van der Waals surface area contributed by atoms with Crippen LogP contribution < -0.4 is 10.6 Å². The number of likely N-dealkylation sites (tertiary alicyclic amines) is 1. The Labute approximate surface area is 193 Å². The van der Waals surface area contributed by atoms with Gasteiger partial charge in [0.2, 0.25) is 0 Å². The van der Waals surface area contributed by atoms with Crippen molar-refractivity contribution in [2.45, 2.75) is 38.6 Å². The smallest absolute Gasteiger partial charge is 0.313 e. The van der Waals surface area contributed by atoms with Crippen LogP contribution in [0.4, 0.5) is 5.69 Å². The van der Waals surface area contributed by atoms with Gasteiger partial charge >= 0.3 is 11.8 Å². The van der Waals surface area contributed by atoms with Gasteiger partial charge in [-0.1, -0.05) is 17.7 Å². The molecular weight excluding hydrogens is 424 g/mol. The Morgan fingerprint density at radius 3 is 2.38 bits per heavy atom. The molecule has 0 bridgehead atoms. The summed E-state index contributed by atoms with van der Waals surface area (Å²) in [4.78, 5) is 43.6. The third-order valence-corrected chi connectivity index (χ3v) is 6.48. The number of rotatable bonds is 5. The van der Waals surface area contributed by atoms with Crippen LogP contribution in [0, 0.1) is 26.7 Å². The van der Waals surface area contributed by atoms with E-state index in [-0.39, 0.29) is 11.8 Å². The molecule has 1 saturated heterocycles. The number of benzene rings is 1. The maximum absolute atomic E-state index is 12.8. The Kier molecular flexibility index (Phi) is 7.90. The second-order valence-corrected chi connectivity index (χ2v) is 9.03. The molecule has 1 fully saturated rings. The van der Waals surface area contributed by atoms with E-state index in [2.05, 4.69) is 15.6 Å². The van der Waals surface area contributed by atoms with Crippen molar-refractivity contribution >= 4 is 35.2 Å². The monoisotopic (exact) mass is 454 g/mol. The number of thioether (sulfide) groups is 1. The molecule has 0 radical (unpaired) electrons. The first kappa shape index (κ1) is 23.8. The molecule has 32 heavy (non-hydrogen) atoms. The number of hydrogen-bond acceptors (Lipinski definition) is 5. The summed E-state index contributed by atoms with van der Waals surface area (Å²) < 4.78 is 0. The summed E-state index contributed by atoms with van der Waals surface area (Å²) in [5, 5.41) is 6.21. The quantitative estimate of drug-likeness (QED) is 0.534. The lowest BCUT2D eigenvalue weighted by molar-refractivity contribution is -0.136. The summed E-state index contributed by atoms with van der Waals surface area (Å²) in [5.41, 5.74) is 4.28. The Bertz CT molecular complexity index is 993. The second-order valence-electron chi connectivity index (χ2n) is 8.23. The largest absolute Gasteiger partial charge is 0.348 e. The summed E-state index contributed by atoms with van der Waals surface area (Å²) >= 11 is 1.46. The molecule has 7 nitrogen and oxygen atoms in total. The average molecular weight is 455 g/mol. The van der Waals surface area contributed by atoms with Gasteiger partial charge in [0.25, 0.3) is 5.91 Å². The number of aromatic nitrogens is 1. The maximum Gasteiger partial charge on any atom is 0.313 e. The number of piperidine rings is 1. The summed E-state index contributed by atoms with van der Waals surface area (Å²) in [5.74, 6) is -1.07. The molecular formula is C24H30N4O3S. The van der Waals surface area contributed by atoms with Crippen molar-refractivity contribution in [3.05, 3.63) is 52.7 Å². The van der Waals surface area contributed by atoms with Crippen molar-refractivity contribution < 1.29 is 14.4 Å². The summed E-state index contributed by atoms with van der Waals surface area (Å²) in [6.07, 6.45) is 5.15. The van der Waals surface area contributed by atoms with Gasteiger partial charge in [-0.2, -0.15) is 0 Å². The lowest BCUT2D eigenvalue weighted by Gasteiger charge is -2.32. The highest BCUT2D eigenvalue weighted by Gasteiger charge is 2.26. The molecule has 0 aliphatic carbocycles. The van der Waals surface area contributed by atoms with Gasteiger partial charge in [-0.25, -0.2) is 4.98 Å². The van der Waals surface area contributed by atoms with Gasteiger partial charge in [0.15, 0.2) is 0 Å². The van der Waals surface area contributed by atoms with Crippen molar-refractivity contribution in [1.29, 1.82) is 0 Å². The molecule has 0 atom stereocenters. The number of aryl methyl sites for hydroxylation is 3. The molecule has 1 aliphatic rings. The molecule has 1 aromatic heterocycles.